The molecule has 2 heterocycles. The van der Waals surface area contributed by atoms with Crippen molar-refractivity contribution in [2.24, 2.45) is 5.92 Å². The number of hydrogen-bond acceptors (Lipinski definition) is 2. The molecule has 3 fully saturated rings. The van der Waals surface area contributed by atoms with Crippen LogP contribution in [0.15, 0.2) is 0 Å². The van der Waals surface area contributed by atoms with Crippen molar-refractivity contribution in [3.05, 3.63) is 0 Å². The van der Waals surface area contributed by atoms with Crippen LogP contribution in [0.5, 0.6) is 0 Å². The molecule has 4 nitrogen and oxygen atoms in total. The first kappa shape index (κ1) is 12.9. The van der Waals surface area contributed by atoms with Crippen molar-refractivity contribution in [3.63, 3.8) is 0 Å². The molecule has 1 saturated carbocycles. The lowest BCUT2D eigenvalue weighted by Gasteiger charge is -2.46. The minimum absolute atomic E-state index is 0.154. The van der Waals surface area contributed by atoms with E-state index in [1.165, 1.54) is 19.3 Å². The van der Waals surface area contributed by atoms with Gasteiger partial charge in [0.2, 0.25) is 11.8 Å². The Kier molecular flexibility index (Phi) is 3.50. The van der Waals surface area contributed by atoms with Crippen LogP contribution >= 0.6 is 0 Å². The molecule has 1 aliphatic carbocycles. The van der Waals surface area contributed by atoms with Crippen molar-refractivity contribution >= 4 is 11.8 Å². The predicted molar refractivity (Wildman–Crippen MR) is 72.5 cm³/mol. The van der Waals surface area contributed by atoms with E-state index in [9.17, 15) is 9.59 Å². The Labute approximate surface area is 115 Å². The number of nitrogens with zero attached hydrogens (tertiary/aromatic N) is 2. The summed E-state index contributed by atoms with van der Waals surface area (Å²) in [6.07, 6.45) is 8.01. The van der Waals surface area contributed by atoms with Gasteiger partial charge in [0.1, 0.15) is 12.1 Å². The van der Waals surface area contributed by atoms with Gasteiger partial charge in [-0.2, -0.15) is 0 Å². The fraction of sp³-hybridized carbons (Fsp3) is 0.867. The SMILES string of the molecule is CC1C(=O)N2CCCCC2C(=O)N1CCC1CCC1. The molecular weight excluding hydrogens is 240 g/mol. The van der Waals surface area contributed by atoms with Gasteiger partial charge in [-0.1, -0.05) is 19.3 Å². The molecule has 0 N–H and O–H groups in total. The number of amides is 2. The number of carbonyl (C=O) groups excluding carboxylic acids is 2. The van der Waals surface area contributed by atoms with Gasteiger partial charge in [-0.15, -0.1) is 0 Å². The molecule has 2 amide bonds. The summed E-state index contributed by atoms with van der Waals surface area (Å²) in [4.78, 5) is 28.6. The summed E-state index contributed by atoms with van der Waals surface area (Å²) in [5, 5.41) is 0. The van der Waals surface area contributed by atoms with Gasteiger partial charge >= 0.3 is 0 Å². The zero-order chi connectivity index (χ0) is 13.4. The first-order chi connectivity index (χ1) is 9.18. The molecule has 3 aliphatic rings. The van der Waals surface area contributed by atoms with Crippen molar-refractivity contribution in [2.45, 2.75) is 64.0 Å². The smallest absolute Gasteiger partial charge is 0.246 e. The molecule has 2 aliphatic heterocycles. The van der Waals surface area contributed by atoms with Crippen molar-refractivity contribution in [1.82, 2.24) is 9.80 Å². The lowest BCUT2D eigenvalue weighted by Crippen LogP contribution is -2.65. The maximum absolute atomic E-state index is 12.6. The highest BCUT2D eigenvalue weighted by atomic mass is 16.2. The molecule has 3 rings (SSSR count). The van der Waals surface area contributed by atoms with Crippen LogP contribution in [0.25, 0.3) is 0 Å². The fourth-order valence-corrected chi connectivity index (χ4v) is 3.61. The van der Waals surface area contributed by atoms with Crippen molar-refractivity contribution in [1.29, 1.82) is 0 Å². The van der Waals surface area contributed by atoms with E-state index in [1.54, 1.807) is 0 Å². The Morgan fingerprint density at radius 3 is 2.53 bits per heavy atom. The van der Waals surface area contributed by atoms with E-state index in [4.69, 9.17) is 0 Å². The molecule has 0 aromatic rings. The van der Waals surface area contributed by atoms with Crippen LogP contribution < -0.4 is 0 Å². The quantitative estimate of drug-likeness (QED) is 0.779. The van der Waals surface area contributed by atoms with E-state index >= 15 is 0 Å². The summed E-state index contributed by atoms with van der Waals surface area (Å²) in [7, 11) is 0. The molecule has 2 atom stereocenters. The van der Waals surface area contributed by atoms with Crippen LogP contribution in [0.3, 0.4) is 0 Å². The Hall–Kier alpha value is -1.06. The molecule has 106 valence electrons. The van der Waals surface area contributed by atoms with E-state index in [0.717, 1.165) is 44.7 Å². The molecule has 0 radical (unpaired) electrons. The van der Waals surface area contributed by atoms with E-state index < -0.39 is 0 Å². The highest BCUT2D eigenvalue weighted by Gasteiger charge is 2.44. The largest absolute Gasteiger partial charge is 0.329 e. The van der Waals surface area contributed by atoms with Gasteiger partial charge in [0.15, 0.2) is 0 Å². The third-order valence-electron chi connectivity index (χ3n) is 5.18. The minimum atomic E-state index is -0.248. The predicted octanol–water partition coefficient (Wildman–Crippen LogP) is 1.79. The van der Waals surface area contributed by atoms with Crippen molar-refractivity contribution in [2.75, 3.05) is 13.1 Å². The van der Waals surface area contributed by atoms with E-state index in [2.05, 4.69) is 0 Å². The summed E-state index contributed by atoms with van der Waals surface area (Å²) >= 11 is 0. The summed E-state index contributed by atoms with van der Waals surface area (Å²) in [6, 6.07) is -0.402. The van der Waals surface area contributed by atoms with Gasteiger partial charge < -0.3 is 9.80 Å². The molecule has 2 unspecified atom stereocenters. The molecule has 0 aromatic carbocycles. The second-order valence-electron chi connectivity index (χ2n) is 6.34. The first-order valence-corrected chi connectivity index (χ1v) is 7.79. The van der Waals surface area contributed by atoms with Crippen LogP contribution in [0.4, 0.5) is 0 Å². The van der Waals surface area contributed by atoms with E-state index in [-0.39, 0.29) is 23.9 Å². The molecule has 0 spiro atoms. The van der Waals surface area contributed by atoms with Crippen molar-refractivity contribution < 1.29 is 9.59 Å². The van der Waals surface area contributed by atoms with Crippen LogP contribution in [-0.2, 0) is 9.59 Å². The maximum atomic E-state index is 12.6. The zero-order valence-electron chi connectivity index (χ0n) is 11.8. The topological polar surface area (TPSA) is 40.6 Å². The number of rotatable bonds is 3. The van der Waals surface area contributed by atoms with Crippen LogP contribution in [0.2, 0.25) is 0 Å². The van der Waals surface area contributed by atoms with E-state index in [0.29, 0.717) is 0 Å². The Balaban J connectivity index is 1.68. The lowest BCUT2D eigenvalue weighted by atomic mass is 9.82. The summed E-state index contributed by atoms with van der Waals surface area (Å²) in [5.74, 6) is 1.16. The van der Waals surface area contributed by atoms with Gasteiger partial charge in [-0.05, 0) is 38.5 Å². The molecule has 0 aromatic heterocycles. The molecule has 2 saturated heterocycles. The van der Waals surface area contributed by atoms with Gasteiger partial charge in [-0.3, -0.25) is 9.59 Å². The van der Waals surface area contributed by atoms with Gasteiger partial charge in [0.05, 0.1) is 0 Å². The standard InChI is InChI=1S/C15H24N2O2/c1-11-14(18)17-9-3-2-7-13(17)15(19)16(11)10-8-12-5-4-6-12/h11-13H,2-10H2,1H3. The monoisotopic (exact) mass is 264 g/mol. The van der Waals surface area contributed by atoms with Crippen LogP contribution in [0, 0.1) is 5.92 Å². The van der Waals surface area contributed by atoms with Crippen molar-refractivity contribution in [3.8, 4) is 0 Å². The molecule has 0 bridgehead atoms. The molecular formula is C15H24N2O2. The third kappa shape index (κ3) is 2.26. The highest BCUT2D eigenvalue weighted by Crippen LogP contribution is 2.31. The molecule has 19 heavy (non-hydrogen) atoms. The minimum Gasteiger partial charge on any atom is -0.329 e. The number of piperazine rings is 1. The second kappa shape index (κ2) is 5.14. The second-order valence-corrected chi connectivity index (χ2v) is 6.34. The summed E-state index contributed by atoms with van der Waals surface area (Å²) in [5.41, 5.74) is 0. The number of fused-ring (bicyclic) bond motifs is 1. The average molecular weight is 264 g/mol. The fourth-order valence-electron chi connectivity index (χ4n) is 3.61. The normalized spacial score (nSPS) is 32.3. The van der Waals surface area contributed by atoms with Gasteiger partial charge in [-0.25, -0.2) is 0 Å². The molecule has 4 heteroatoms. The lowest BCUT2D eigenvalue weighted by molar-refractivity contribution is -0.163. The Bertz CT molecular complexity index is 378. The number of hydrogen-bond donors (Lipinski definition) is 0. The maximum Gasteiger partial charge on any atom is 0.246 e. The summed E-state index contributed by atoms with van der Waals surface area (Å²) in [6.45, 7) is 3.45. The van der Waals surface area contributed by atoms with Gasteiger partial charge in [0.25, 0.3) is 0 Å². The Morgan fingerprint density at radius 2 is 1.84 bits per heavy atom. The number of piperidine rings is 1. The average Bonchev–Trinajstić information content (AvgIpc) is 2.38. The first-order valence-electron chi connectivity index (χ1n) is 7.79. The highest BCUT2D eigenvalue weighted by molar-refractivity contribution is 5.96. The van der Waals surface area contributed by atoms with Crippen LogP contribution in [-0.4, -0.2) is 46.8 Å². The third-order valence-corrected chi connectivity index (χ3v) is 5.18. The summed E-state index contributed by atoms with van der Waals surface area (Å²) < 4.78 is 0. The van der Waals surface area contributed by atoms with Crippen LogP contribution in [0.1, 0.15) is 51.9 Å². The van der Waals surface area contributed by atoms with Gasteiger partial charge in [0, 0.05) is 13.1 Å². The Morgan fingerprint density at radius 1 is 1.05 bits per heavy atom. The van der Waals surface area contributed by atoms with E-state index in [1.807, 2.05) is 16.7 Å². The zero-order valence-corrected chi connectivity index (χ0v) is 11.8. The number of carbonyl (C=O) groups is 2.